The fourth-order valence-corrected chi connectivity index (χ4v) is 5.81. The Morgan fingerprint density at radius 3 is 2.87 bits per heavy atom. The summed E-state index contributed by atoms with van der Waals surface area (Å²) in [6.07, 6.45) is 4.21. The smallest absolute Gasteiger partial charge is 0.151 e. The number of rotatable bonds is 4. The number of hydrogen-bond acceptors (Lipinski definition) is 6. The molecular formula is C16H24N4O2S. The fraction of sp³-hybridized carbons (Fsp3) is 0.750. The molecule has 0 amide bonds. The standard InChI is InChI=1S/C16H24N4O2S/c1-19(8-12-5-6-23(21,22)11-12)14-9-20(10-14)16-7-13-3-2-4-15(13)17-18-16/h7,12,14H,2-6,8-11H2,1H3. The van der Waals surface area contributed by atoms with Gasteiger partial charge in [-0.3, -0.25) is 4.90 Å². The number of hydrogen-bond donors (Lipinski definition) is 0. The van der Waals surface area contributed by atoms with E-state index in [9.17, 15) is 8.42 Å². The molecule has 2 aliphatic heterocycles. The van der Waals surface area contributed by atoms with Crippen LogP contribution >= 0.6 is 0 Å². The fourth-order valence-electron chi connectivity index (χ4n) is 3.97. The summed E-state index contributed by atoms with van der Waals surface area (Å²) >= 11 is 0. The van der Waals surface area contributed by atoms with E-state index in [2.05, 4.69) is 33.1 Å². The van der Waals surface area contributed by atoms with Crippen LogP contribution in [0.2, 0.25) is 0 Å². The molecule has 0 N–H and O–H groups in total. The summed E-state index contributed by atoms with van der Waals surface area (Å²) in [6, 6.07) is 2.70. The van der Waals surface area contributed by atoms with Crippen molar-refractivity contribution in [3.05, 3.63) is 17.3 Å². The Morgan fingerprint density at radius 2 is 2.13 bits per heavy atom. The molecule has 0 radical (unpaired) electrons. The number of likely N-dealkylation sites (N-methyl/N-ethyl adjacent to an activating group) is 1. The zero-order chi connectivity index (χ0) is 16.0. The van der Waals surface area contributed by atoms with E-state index < -0.39 is 9.84 Å². The number of sulfone groups is 1. The summed E-state index contributed by atoms with van der Waals surface area (Å²) < 4.78 is 23.1. The lowest BCUT2D eigenvalue weighted by atomic mass is 10.0. The molecule has 2 fully saturated rings. The molecule has 6 nitrogen and oxygen atoms in total. The summed E-state index contributed by atoms with van der Waals surface area (Å²) in [5, 5.41) is 8.73. The summed E-state index contributed by atoms with van der Waals surface area (Å²) in [6.45, 7) is 2.81. The first-order valence-electron chi connectivity index (χ1n) is 8.51. The van der Waals surface area contributed by atoms with Gasteiger partial charge in [-0.2, -0.15) is 5.10 Å². The Bertz CT molecular complexity index is 700. The maximum Gasteiger partial charge on any atom is 0.151 e. The van der Waals surface area contributed by atoms with Crippen LogP contribution in [0.25, 0.3) is 0 Å². The molecule has 0 spiro atoms. The first kappa shape index (κ1) is 15.3. The van der Waals surface area contributed by atoms with Crippen LogP contribution in [0, 0.1) is 5.92 Å². The van der Waals surface area contributed by atoms with Crippen molar-refractivity contribution in [1.29, 1.82) is 0 Å². The van der Waals surface area contributed by atoms with Gasteiger partial charge in [-0.25, -0.2) is 8.42 Å². The van der Waals surface area contributed by atoms with Crippen molar-refractivity contribution in [3.63, 3.8) is 0 Å². The lowest BCUT2D eigenvalue weighted by molar-refractivity contribution is 0.181. The summed E-state index contributed by atoms with van der Waals surface area (Å²) in [5.74, 6) is 2.04. The van der Waals surface area contributed by atoms with Crippen LogP contribution in [0.15, 0.2) is 6.07 Å². The lowest BCUT2D eigenvalue weighted by Gasteiger charge is -2.45. The number of nitrogens with zero attached hydrogens (tertiary/aromatic N) is 4. The molecule has 0 saturated carbocycles. The van der Waals surface area contributed by atoms with Gasteiger partial charge in [0.2, 0.25) is 0 Å². The van der Waals surface area contributed by atoms with E-state index >= 15 is 0 Å². The third kappa shape index (κ3) is 3.08. The predicted molar refractivity (Wildman–Crippen MR) is 89.4 cm³/mol. The monoisotopic (exact) mass is 336 g/mol. The van der Waals surface area contributed by atoms with Gasteiger partial charge in [-0.1, -0.05) is 0 Å². The van der Waals surface area contributed by atoms with Gasteiger partial charge in [-0.05, 0) is 50.3 Å². The van der Waals surface area contributed by atoms with Crippen molar-refractivity contribution < 1.29 is 8.42 Å². The van der Waals surface area contributed by atoms with Crippen molar-refractivity contribution in [2.75, 3.05) is 43.1 Å². The number of aromatic nitrogens is 2. The van der Waals surface area contributed by atoms with Crippen molar-refractivity contribution in [2.24, 2.45) is 5.92 Å². The predicted octanol–water partition coefficient (Wildman–Crippen LogP) is 0.520. The number of fused-ring (bicyclic) bond motifs is 1. The summed E-state index contributed by atoms with van der Waals surface area (Å²) in [4.78, 5) is 4.60. The molecular weight excluding hydrogens is 312 g/mol. The first-order chi connectivity index (χ1) is 11.0. The molecule has 1 aromatic heterocycles. The van der Waals surface area contributed by atoms with Crippen molar-refractivity contribution >= 4 is 15.7 Å². The van der Waals surface area contributed by atoms with Gasteiger partial charge < -0.3 is 4.90 Å². The highest BCUT2D eigenvalue weighted by molar-refractivity contribution is 7.91. The molecule has 23 heavy (non-hydrogen) atoms. The van der Waals surface area contributed by atoms with Gasteiger partial charge in [0.05, 0.1) is 17.2 Å². The van der Waals surface area contributed by atoms with Gasteiger partial charge in [0, 0.05) is 25.7 Å². The third-order valence-corrected chi connectivity index (χ3v) is 7.33. The Hall–Kier alpha value is -1.21. The SMILES string of the molecule is CN(CC1CCS(=O)(=O)C1)C1CN(c2cc3c(nn2)CCC3)C1. The highest BCUT2D eigenvalue weighted by Crippen LogP contribution is 2.27. The van der Waals surface area contributed by atoms with Crippen LogP contribution < -0.4 is 4.90 Å². The molecule has 1 atom stereocenters. The first-order valence-corrected chi connectivity index (χ1v) is 10.3. The Labute approximate surface area is 137 Å². The Balaban J connectivity index is 1.31. The van der Waals surface area contributed by atoms with Crippen LogP contribution in [0.3, 0.4) is 0 Å². The van der Waals surface area contributed by atoms with Crippen LogP contribution in [-0.2, 0) is 22.7 Å². The summed E-state index contributed by atoms with van der Waals surface area (Å²) in [7, 11) is -0.658. The lowest BCUT2D eigenvalue weighted by Crippen LogP contribution is -2.59. The Kier molecular flexibility index (Phi) is 3.80. The molecule has 3 aliphatic rings. The normalized spacial score (nSPS) is 26.5. The van der Waals surface area contributed by atoms with Crippen LogP contribution in [0.1, 0.15) is 24.1 Å². The van der Waals surface area contributed by atoms with Gasteiger partial charge in [0.1, 0.15) is 0 Å². The molecule has 0 bridgehead atoms. The minimum atomic E-state index is -2.77. The molecule has 7 heteroatoms. The molecule has 1 unspecified atom stereocenters. The topological polar surface area (TPSA) is 66.4 Å². The van der Waals surface area contributed by atoms with E-state index in [1.165, 1.54) is 17.7 Å². The maximum atomic E-state index is 11.6. The molecule has 2 saturated heterocycles. The highest BCUT2D eigenvalue weighted by atomic mass is 32.2. The zero-order valence-electron chi connectivity index (χ0n) is 13.6. The van der Waals surface area contributed by atoms with E-state index in [-0.39, 0.29) is 0 Å². The average molecular weight is 336 g/mol. The second-order valence-corrected chi connectivity index (χ2v) is 9.52. The van der Waals surface area contributed by atoms with Crippen LogP contribution in [0.4, 0.5) is 5.82 Å². The van der Waals surface area contributed by atoms with Gasteiger partial charge >= 0.3 is 0 Å². The third-order valence-electron chi connectivity index (χ3n) is 5.49. The quantitative estimate of drug-likeness (QED) is 0.799. The van der Waals surface area contributed by atoms with Gasteiger partial charge in [0.25, 0.3) is 0 Å². The molecule has 3 heterocycles. The minimum Gasteiger partial charge on any atom is -0.352 e. The minimum absolute atomic E-state index is 0.304. The largest absolute Gasteiger partial charge is 0.352 e. The van der Waals surface area contributed by atoms with Crippen LogP contribution in [0.5, 0.6) is 0 Å². The van der Waals surface area contributed by atoms with E-state index in [1.54, 1.807) is 0 Å². The molecule has 1 aliphatic carbocycles. The second-order valence-electron chi connectivity index (χ2n) is 7.30. The van der Waals surface area contributed by atoms with Gasteiger partial charge in [0.15, 0.2) is 15.7 Å². The van der Waals surface area contributed by atoms with Crippen molar-refractivity contribution in [3.8, 4) is 0 Å². The number of anilines is 1. The van der Waals surface area contributed by atoms with Crippen molar-refractivity contribution in [2.45, 2.75) is 31.7 Å². The molecule has 4 rings (SSSR count). The van der Waals surface area contributed by atoms with E-state index in [4.69, 9.17) is 0 Å². The van der Waals surface area contributed by atoms with E-state index in [0.29, 0.717) is 23.5 Å². The maximum absolute atomic E-state index is 11.6. The highest BCUT2D eigenvalue weighted by Gasteiger charge is 2.35. The van der Waals surface area contributed by atoms with E-state index in [0.717, 1.165) is 44.7 Å². The molecule has 0 aromatic carbocycles. The zero-order valence-corrected chi connectivity index (χ0v) is 14.4. The molecule has 126 valence electrons. The second kappa shape index (κ2) is 5.70. The average Bonchev–Trinajstić information content (AvgIpc) is 3.02. The number of aryl methyl sites for hydroxylation is 2. The van der Waals surface area contributed by atoms with Crippen molar-refractivity contribution in [1.82, 2.24) is 15.1 Å². The Morgan fingerprint density at radius 1 is 1.30 bits per heavy atom. The van der Waals surface area contributed by atoms with E-state index in [1.807, 2.05) is 0 Å². The molecule has 1 aromatic rings. The van der Waals surface area contributed by atoms with Gasteiger partial charge in [-0.15, -0.1) is 5.10 Å². The van der Waals surface area contributed by atoms with Crippen LogP contribution in [-0.4, -0.2) is 67.7 Å². The summed E-state index contributed by atoms with van der Waals surface area (Å²) in [5.41, 5.74) is 2.54.